The van der Waals surface area contributed by atoms with E-state index in [1.54, 1.807) is 20.3 Å². The summed E-state index contributed by atoms with van der Waals surface area (Å²) in [6, 6.07) is 9.62. The van der Waals surface area contributed by atoms with E-state index in [1.165, 1.54) is 17.5 Å². The molecule has 4 heteroatoms. The number of hydrogen-bond acceptors (Lipinski definition) is 3. The average Bonchev–Trinajstić information content (AvgIpc) is 3.03. The van der Waals surface area contributed by atoms with Crippen LogP contribution in [0, 0.1) is 6.92 Å². The van der Waals surface area contributed by atoms with Crippen molar-refractivity contribution in [1.29, 1.82) is 0 Å². The number of nitrogens with one attached hydrogen (secondary N) is 1. The van der Waals surface area contributed by atoms with Crippen LogP contribution in [0.5, 0.6) is 11.5 Å². The molecule has 3 rings (SSSR count). The first-order chi connectivity index (χ1) is 11.1. The highest BCUT2D eigenvalue weighted by Gasteiger charge is 2.15. The summed E-state index contributed by atoms with van der Waals surface area (Å²) >= 11 is 0. The highest BCUT2D eigenvalue weighted by molar-refractivity contribution is 6.05. The lowest BCUT2D eigenvalue weighted by molar-refractivity contribution is 0.102. The van der Waals surface area contributed by atoms with E-state index in [0.717, 1.165) is 24.1 Å². The fourth-order valence-electron chi connectivity index (χ4n) is 3.02. The van der Waals surface area contributed by atoms with Gasteiger partial charge in [-0.2, -0.15) is 0 Å². The highest BCUT2D eigenvalue weighted by atomic mass is 16.5. The number of amides is 1. The van der Waals surface area contributed by atoms with Crippen molar-refractivity contribution in [3.8, 4) is 11.5 Å². The zero-order chi connectivity index (χ0) is 16.4. The Morgan fingerprint density at radius 3 is 2.43 bits per heavy atom. The second-order valence-electron chi connectivity index (χ2n) is 5.81. The second-order valence-corrected chi connectivity index (χ2v) is 5.81. The fourth-order valence-corrected chi connectivity index (χ4v) is 3.02. The quantitative estimate of drug-likeness (QED) is 0.935. The monoisotopic (exact) mass is 311 g/mol. The molecule has 0 unspecified atom stereocenters. The minimum atomic E-state index is -0.102. The zero-order valence-electron chi connectivity index (χ0n) is 13.7. The Bertz CT molecular complexity index is 753. The van der Waals surface area contributed by atoms with E-state index in [0.29, 0.717) is 17.1 Å². The molecule has 1 aliphatic carbocycles. The summed E-state index contributed by atoms with van der Waals surface area (Å²) in [5, 5.41) is 2.97. The molecule has 0 saturated heterocycles. The molecule has 1 amide bonds. The minimum absolute atomic E-state index is 0.102. The van der Waals surface area contributed by atoms with Gasteiger partial charge in [0, 0.05) is 17.3 Å². The smallest absolute Gasteiger partial charge is 0.255 e. The van der Waals surface area contributed by atoms with Crippen LogP contribution in [-0.4, -0.2) is 20.1 Å². The average molecular weight is 311 g/mol. The predicted molar refractivity (Wildman–Crippen MR) is 90.7 cm³/mol. The molecule has 0 radical (unpaired) electrons. The van der Waals surface area contributed by atoms with Gasteiger partial charge in [0.1, 0.15) is 0 Å². The summed E-state index contributed by atoms with van der Waals surface area (Å²) < 4.78 is 10.6. The molecule has 0 atom stereocenters. The maximum atomic E-state index is 12.5. The number of aryl methyl sites for hydroxylation is 3. The Kier molecular flexibility index (Phi) is 4.24. The molecule has 0 saturated carbocycles. The van der Waals surface area contributed by atoms with Gasteiger partial charge in [-0.3, -0.25) is 4.79 Å². The van der Waals surface area contributed by atoms with Crippen molar-refractivity contribution < 1.29 is 14.3 Å². The van der Waals surface area contributed by atoms with Gasteiger partial charge in [0.05, 0.1) is 14.2 Å². The number of carbonyl (C=O) groups excluding carboxylic acids is 1. The normalized spacial score (nSPS) is 12.7. The molecule has 0 aromatic heterocycles. The molecule has 1 N–H and O–H groups in total. The molecule has 0 fully saturated rings. The first kappa shape index (κ1) is 15.4. The van der Waals surface area contributed by atoms with Crippen LogP contribution < -0.4 is 14.8 Å². The minimum Gasteiger partial charge on any atom is -0.493 e. The Morgan fingerprint density at radius 1 is 1.00 bits per heavy atom. The molecule has 23 heavy (non-hydrogen) atoms. The third-order valence-electron chi connectivity index (χ3n) is 4.34. The van der Waals surface area contributed by atoms with E-state index in [4.69, 9.17) is 9.47 Å². The highest BCUT2D eigenvalue weighted by Crippen LogP contribution is 2.33. The van der Waals surface area contributed by atoms with Crippen LogP contribution in [-0.2, 0) is 12.8 Å². The number of fused-ring (bicyclic) bond motifs is 1. The molecule has 1 aliphatic rings. The summed E-state index contributed by atoms with van der Waals surface area (Å²) in [6.07, 6.45) is 3.35. The topological polar surface area (TPSA) is 47.6 Å². The van der Waals surface area contributed by atoms with E-state index in [2.05, 4.69) is 11.4 Å². The van der Waals surface area contributed by atoms with Crippen LogP contribution in [0.15, 0.2) is 30.3 Å². The van der Waals surface area contributed by atoms with Gasteiger partial charge < -0.3 is 14.8 Å². The Labute approximate surface area is 136 Å². The molecule has 4 nitrogen and oxygen atoms in total. The van der Waals surface area contributed by atoms with E-state index in [9.17, 15) is 4.79 Å². The predicted octanol–water partition coefficient (Wildman–Crippen LogP) is 3.75. The van der Waals surface area contributed by atoms with E-state index in [1.807, 2.05) is 25.1 Å². The van der Waals surface area contributed by atoms with Gasteiger partial charge in [0.2, 0.25) is 0 Å². The molecule has 0 aliphatic heterocycles. The summed E-state index contributed by atoms with van der Waals surface area (Å²) in [5.74, 6) is 1.15. The van der Waals surface area contributed by atoms with Crippen molar-refractivity contribution in [3.05, 3.63) is 52.6 Å². The Morgan fingerprint density at radius 2 is 1.70 bits per heavy atom. The van der Waals surface area contributed by atoms with Crippen LogP contribution in [0.3, 0.4) is 0 Å². The van der Waals surface area contributed by atoms with Gasteiger partial charge in [-0.05, 0) is 61.1 Å². The molecule has 0 heterocycles. The zero-order valence-corrected chi connectivity index (χ0v) is 13.7. The van der Waals surface area contributed by atoms with Gasteiger partial charge >= 0.3 is 0 Å². The molecule has 120 valence electrons. The maximum absolute atomic E-state index is 12.5. The number of rotatable bonds is 4. The van der Waals surface area contributed by atoms with Gasteiger partial charge in [-0.15, -0.1) is 0 Å². The third kappa shape index (κ3) is 3.02. The van der Waals surface area contributed by atoms with E-state index >= 15 is 0 Å². The molecular weight excluding hydrogens is 290 g/mol. The lowest BCUT2D eigenvalue weighted by Gasteiger charge is -2.14. The maximum Gasteiger partial charge on any atom is 0.255 e. The molecular formula is C19H21NO3. The number of carbonyl (C=O) groups is 1. The van der Waals surface area contributed by atoms with Gasteiger partial charge in [0.25, 0.3) is 5.91 Å². The van der Waals surface area contributed by atoms with Crippen molar-refractivity contribution in [2.75, 3.05) is 19.5 Å². The van der Waals surface area contributed by atoms with Crippen LogP contribution in [0.25, 0.3) is 0 Å². The van der Waals surface area contributed by atoms with E-state index in [-0.39, 0.29) is 5.91 Å². The largest absolute Gasteiger partial charge is 0.493 e. The number of hydrogen-bond donors (Lipinski definition) is 1. The van der Waals surface area contributed by atoms with Crippen molar-refractivity contribution in [3.63, 3.8) is 0 Å². The summed E-state index contributed by atoms with van der Waals surface area (Å²) in [5.41, 5.74) is 5.01. The number of anilines is 1. The van der Waals surface area contributed by atoms with Gasteiger partial charge in [0.15, 0.2) is 11.5 Å². The van der Waals surface area contributed by atoms with Gasteiger partial charge in [-0.1, -0.05) is 6.07 Å². The first-order valence-electron chi connectivity index (χ1n) is 7.78. The van der Waals surface area contributed by atoms with Crippen LogP contribution >= 0.6 is 0 Å². The molecule has 0 spiro atoms. The summed E-state index contributed by atoms with van der Waals surface area (Å²) in [6.45, 7) is 1.93. The number of benzene rings is 2. The van der Waals surface area contributed by atoms with Crippen LogP contribution in [0.2, 0.25) is 0 Å². The van der Waals surface area contributed by atoms with Crippen molar-refractivity contribution in [2.24, 2.45) is 0 Å². The Hall–Kier alpha value is -2.49. The summed E-state index contributed by atoms with van der Waals surface area (Å²) in [7, 11) is 3.18. The molecule has 2 aromatic rings. The van der Waals surface area contributed by atoms with Crippen LogP contribution in [0.4, 0.5) is 5.69 Å². The Balaban J connectivity index is 1.85. The van der Waals surface area contributed by atoms with Crippen molar-refractivity contribution >= 4 is 11.6 Å². The lowest BCUT2D eigenvalue weighted by Crippen LogP contribution is -2.13. The first-order valence-corrected chi connectivity index (χ1v) is 7.78. The molecule has 2 aromatic carbocycles. The van der Waals surface area contributed by atoms with Gasteiger partial charge in [-0.25, -0.2) is 0 Å². The van der Waals surface area contributed by atoms with Crippen LogP contribution in [0.1, 0.15) is 33.5 Å². The SMILES string of the molecule is COc1cc(C)c(NC(=O)c2ccc3c(c2)CCC3)cc1OC. The van der Waals surface area contributed by atoms with Crippen molar-refractivity contribution in [2.45, 2.75) is 26.2 Å². The standard InChI is InChI=1S/C19H21NO3/c1-12-9-17(22-2)18(23-3)11-16(12)20-19(21)15-8-7-13-5-4-6-14(13)10-15/h7-11H,4-6H2,1-3H3,(H,20,21). The second kappa shape index (κ2) is 6.32. The number of methoxy groups -OCH3 is 2. The molecule has 0 bridgehead atoms. The summed E-state index contributed by atoms with van der Waals surface area (Å²) in [4.78, 5) is 12.5. The fraction of sp³-hybridized carbons (Fsp3) is 0.316. The lowest BCUT2D eigenvalue weighted by atomic mass is 10.1. The number of ether oxygens (including phenoxy) is 2. The van der Waals surface area contributed by atoms with E-state index < -0.39 is 0 Å². The third-order valence-corrected chi connectivity index (χ3v) is 4.34. The van der Waals surface area contributed by atoms with Crippen molar-refractivity contribution in [1.82, 2.24) is 0 Å².